The number of halogens is 1. The summed E-state index contributed by atoms with van der Waals surface area (Å²) in [5.41, 5.74) is 0.443. The summed E-state index contributed by atoms with van der Waals surface area (Å²) in [5, 5.41) is 7.92. The minimum absolute atomic E-state index is 0.132. The molecule has 3 N–H and O–H groups in total. The predicted molar refractivity (Wildman–Crippen MR) is 81.0 cm³/mol. The van der Waals surface area contributed by atoms with E-state index in [4.69, 9.17) is 21.5 Å². The molecule has 1 amide bonds. The van der Waals surface area contributed by atoms with Gasteiger partial charge in [-0.2, -0.15) is 0 Å². The maximum Gasteiger partial charge on any atom is 0.251 e. The van der Waals surface area contributed by atoms with Crippen LogP contribution in [0.3, 0.4) is 0 Å². The van der Waals surface area contributed by atoms with Crippen molar-refractivity contribution in [3.8, 4) is 0 Å². The molecule has 21 heavy (non-hydrogen) atoms. The molecule has 0 aromatic heterocycles. The molecule has 1 unspecified atom stereocenters. The number of rotatable bonds is 6. The van der Waals surface area contributed by atoms with E-state index in [0.717, 1.165) is 0 Å². The van der Waals surface area contributed by atoms with Crippen molar-refractivity contribution >= 4 is 27.5 Å². The third kappa shape index (κ3) is 4.96. The Bertz CT molecular complexity index is 631. The Morgan fingerprint density at radius 3 is 2.62 bits per heavy atom. The van der Waals surface area contributed by atoms with Crippen LogP contribution in [0.5, 0.6) is 0 Å². The Kier molecular flexibility index (Phi) is 6.15. The molecule has 0 heterocycles. The van der Waals surface area contributed by atoms with E-state index in [1.54, 1.807) is 0 Å². The van der Waals surface area contributed by atoms with Crippen LogP contribution in [-0.4, -0.2) is 33.6 Å². The van der Waals surface area contributed by atoms with Crippen molar-refractivity contribution in [2.24, 2.45) is 5.14 Å². The van der Waals surface area contributed by atoms with Gasteiger partial charge in [0.25, 0.3) is 5.91 Å². The SMILES string of the molecule is CCOC(C)CNC(=O)c1cc(Cl)cc(S(N)(=O)=O)c1C. The normalized spacial score (nSPS) is 13.0. The molecular formula is C13H19ClN2O4S. The van der Waals surface area contributed by atoms with Gasteiger partial charge in [0.2, 0.25) is 10.0 Å². The van der Waals surface area contributed by atoms with E-state index in [1.807, 2.05) is 13.8 Å². The van der Waals surface area contributed by atoms with Crippen molar-refractivity contribution in [1.29, 1.82) is 0 Å². The van der Waals surface area contributed by atoms with Crippen LogP contribution >= 0.6 is 11.6 Å². The molecule has 0 radical (unpaired) electrons. The summed E-state index contributed by atoms with van der Waals surface area (Å²) in [5.74, 6) is -0.425. The van der Waals surface area contributed by atoms with Gasteiger partial charge >= 0.3 is 0 Å². The number of primary sulfonamides is 1. The van der Waals surface area contributed by atoms with Gasteiger partial charge in [-0.15, -0.1) is 0 Å². The van der Waals surface area contributed by atoms with E-state index in [2.05, 4.69) is 5.32 Å². The molecule has 0 saturated heterocycles. The second kappa shape index (κ2) is 7.22. The summed E-state index contributed by atoms with van der Waals surface area (Å²) in [6.07, 6.45) is -0.142. The van der Waals surface area contributed by atoms with Crippen LogP contribution in [0.25, 0.3) is 0 Å². The van der Waals surface area contributed by atoms with Gasteiger partial charge in [0.05, 0.1) is 11.0 Å². The zero-order valence-electron chi connectivity index (χ0n) is 12.1. The number of amides is 1. The molecule has 1 aromatic rings. The maximum absolute atomic E-state index is 12.1. The summed E-state index contributed by atoms with van der Waals surface area (Å²) in [6, 6.07) is 2.64. The fourth-order valence-electron chi connectivity index (χ4n) is 1.86. The molecule has 0 bridgehead atoms. The average Bonchev–Trinajstić information content (AvgIpc) is 2.37. The highest BCUT2D eigenvalue weighted by Gasteiger charge is 2.19. The molecule has 0 fully saturated rings. The Morgan fingerprint density at radius 2 is 2.10 bits per heavy atom. The number of hydrogen-bond donors (Lipinski definition) is 2. The Morgan fingerprint density at radius 1 is 1.48 bits per heavy atom. The second-order valence-electron chi connectivity index (χ2n) is 4.60. The molecule has 0 spiro atoms. The summed E-state index contributed by atoms with van der Waals surface area (Å²) in [4.78, 5) is 12.0. The molecular weight excluding hydrogens is 316 g/mol. The predicted octanol–water partition coefficient (Wildman–Crippen LogP) is 1.45. The molecule has 0 aliphatic heterocycles. The first-order valence-electron chi connectivity index (χ1n) is 6.39. The standard InChI is InChI=1S/C13H19ClN2O4S/c1-4-20-8(2)7-16-13(17)11-5-10(14)6-12(9(11)3)21(15,18)19/h5-6,8H,4,7H2,1-3H3,(H,16,17)(H2,15,18,19). The van der Waals surface area contributed by atoms with Crippen molar-refractivity contribution in [3.63, 3.8) is 0 Å². The highest BCUT2D eigenvalue weighted by Crippen LogP contribution is 2.23. The van der Waals surface area contributed by atoms with E-state index in [0.29, 0.717) is 13.2 Å². The molecule has 118 valence electrons. The fourth-order valence-corrected chi connectivity index (χ4v) is 2.97. The molecule has 1 rings (SSSR count). The lowest BCUT2D eigenvalue weighted by Crippen LogP contribution is -2.32. The monoisotopic (exact) mass is 334 g/mol. The van der Waals surface area contributed by atoms with Gasteiger partial charge in [0.15, 0.2) is 0 Å². The fraction of sp³-hybridized carbons (Fsp3) is 0.462. The summed E-state index contributed by atoms with van der Waals surface area (Å²) >= 11 is 5.86. The third-order valence-corrected chi connectivity index (χ3v) is 4.13. The highest BCUT2D eigenvalue weighted by molar-refractivity contribution is 7.89. The van der Waals surface area contributed by atoms with Gasteiger partial charge in [-0.05, 0) is 38.5 Å². The number of carbonyl (C=O) groups is 1. The zero-order valence-corrected chi connectivity index (χ0v) is 13.7. The van der Waals surface area contributed by atoms with Crippen LogP contribution in [0.2, 0.25) is 5.02 Å². The van der Waals surface area contributed by atoms with Crippen molar-refractivity contribution in [2.45, 2.75) is 31.8 Å². The first kappa shape index (κ1) is 17.9. The van der Waals surface area contributed by atoms with Crippen LogP contribution in [0.15, 0.2) is 17.0 Å². The molecule has 0 saturated carbocycles. The Balaban J connectivity index is 3.03. The molecule has 1 aromatic carbocycles. The van der Waals surface area contributed by atoms with Crippen LogP contribution in [0.1, 0.15) is 29.8 Å². The number of ether oxygens (including phenoxy) is 1. The summed E-state index contributed by atoms with van der Waals surface area (Å²) < 4.78 is 28.3. The highest BCUT2D eigenvalue weighted by atomic mass is 35.5. The molecule has 6 nitrogen and oxygen atoms in total. The quantitative estimate of drug-likeness (QED) is 0.822. The maximum atomic E-state index is 12.1. The van der Waals surface area contributed by atoms with Crippen LogP contribution in [-0.2, 0) is 14.8 Å². The second-order valence-corrected chi connectivity index (χ2v) is 6.56. The van der Waals surface area contributed by atoms with Gasteiger partial charge in [-0.3, -0.25) is 4.79 Å². The van der Waals surface area contributed by atoms with Crippen molar-refractivity contribution in [3.05, 3.63) is 28.3 Å². The van der Waals surface area contributed by atoms with Gasteiger partial charge in [-0.25, -0.2) is 13.6 Å². The summed E-state index contributed by atoms with van der Waals surface area (Å²) in [7, 11) is -3.94. The number of nitrogens with two attached hydrogens (primary N) is 1. The number of sulfonamides is 1. The van der Waals surface area contributed by atoms with Crippen molar-refractivity contribution in [2.75, 3.05) is 13.2 Å². The first-order chi connectivity index (χ1) is 9.66. The van der Waals surface area contributed by atoms with Gasteiger partial charge in [0.1, 0.15) is 0 Å². The lowest BCUT2D eigenvalue weighted by molar-refractivity contribution is 0.0694. The number of hydrogen-bond acceptors (Lipinski definition) is 4. The minimum Gasteiger partial charge on any atom is -0.377 e. The van der Waals surface area contributed by atoms with E-state index < -0.39 is 15.9 Å². The van der Waals surface area contributed by atoms with E-state index in [-0.39, 0.29) is 27.1 Å². The molecule has 0 aliphatic carbocycles. The first-order valence-corrected chi connectivity index (χ1v) is 8.32. The van der Waals surface area contributed by atoms with Gasteiger partial charge < -0.3 is 10.1 Å². The van der Waals surface area contributed by atoms with E-state index >= 15 is 0 Å². The van der Waals surface area contributed by atoms with Crippen LogP contribution < -0.4 is 10.5 Å². The largest absolute Gasteiger partial charge is 0.377 e. The van der Waals surface area contributed by atoms with Crippen LogP contribution in [0.4, 0.5) is 0 Å². The molecule has 1 atom stereocenters. The third-order valence-electron chi connectivity index (χ3n) is 2.88. The molecule has 8 heteroatoms. The minimum atomic E-state index is -3.94. The van der Waals surface area contributed by atoms with E-state index in [1.165, 1.54) is 19.1 Å². The van der Waals surface area contributed by atoms with Gasteiger partial charge in [-0.1, -0.05) is 11.6 Å². The zero-order chi connectivity index (χ0) is 16.2. The Labute approximate surface area is 129 Å². The van der Waals surface area contributed by atoms with Crippen LogP contribution in [0, 0.1) is 6.92 Å². The lowest BCUT2D eigenvalue weighted by Gasteiger charge is -2.14. The van der Waals surface area contributed by atoms with E-state index in [9.17, 15) is 13.2 Å². The lowest BCUT2D eigenvalue weighted by atomic mass is 10.1. The van der Waals surface area contributed by atoms with Crippen molar-refractivity contribution < 1.29 is 17.9 Å². The smallest absolute Gasteiger partial charge is 0.251 e. The van der Waals surface area contributed by atoms with Gasteiger partial charge in [0, 0.05) is 23.7 Å². The number of carbonyl (C=O) groups excluding carboxylic acids is 1. The number of nitrogens with one attached hydrogen (secondary N) is 1. The Hall–Kier alpha value is -1.15. The topological polar surface area (TPSA) is 98.5 Å². The molecule has 0 aliphatic rings. The average molecular weight is 335 g/mol. The van der Waals surface area contributed by atoms with Crippen molar-refractivity contribution in [1.82, 2.24) is 5.32 Å². The number of benzene rings is 1. The summed E-state index contributed by atoms with van der Waals surface area (Å²) in [6.45, 7) is 6.05.